The number of carboxylic acid groups (broad SMARTS) is 1. The Hall–Kier alpha value is -1.84. The van der Waals surface area contributed by atoms with Crippen LogP contribution in [0, 0.1) is 5.41 Å². The average Bonchev–Trinajstić information content (AvgIpc) is 2.86. The first kappa shape index (κ1) is 16.5. The number of hydrogen-bond donors (Lipinski definition) is 1. The number of rotatable bonds is 7. The van der Waals surface area contributed by atoms with Gasteiger partial charge < -0.3 is 10.0 Å². The Morgan fingerprint density at radius 2 is 2.00 bits per heavy atom. The number of carbonyl (C=O) groups is 2. The lowest BCUT2D eigenvalue weighted by Gasteiger charge is -2.28. The van der Waals surface area contributed by atoms with Gasteiger partial charge in [0.05, 0.1) is 11.5 Å². The second kappa shape index (κ2) is 6.95. The molecule has 1 fully saturated rings. The molecule has 120 valence electrons. The summed E-state index contributed by atoms with van der Waals surface area (Å²) in [5, 5.41) is 9.67. The highest BCUT2D eigenvalue weighted by Gasteiger charge is 2.49. The Balaban J connectivity index is 2.15. The van der Waals surface area contributed by atoms with Crippen molar-refractivity contribution in [2.75, 3.05) is 6.54 Å². The van der Waals surface area contributed by atoms with Gasteiger partial charge in [-0.1, -0.05) is 56.5 Å². The topological polar surface area (TPSA) is 57.6 Å². The van der Waals surface area contributed by atoms with E-state index in [0.29, 0.717) is 13.0 Å². The van der Waals surface area contributed by atoms with Crippen molar-refractivity contribution in [2.45, 2.75) is 52.0 Å². The van der Waals surface area contributed by atoms with Crippen LogP contribution < -0.4 is 0 Å². The largest absolute Gasteiger partial charge is 0.481 e. The lowest BCUT2D eigenvalue weighted by Crippen LogP contribution is -2.36. The summed E-state index contributed by atoms with van der Waals surface area (Å²) < 4.78 is 0. The minimum absolute atomic E-state index is 0.0461. The maximum Gasteiger partial charge on any atom is 0.311 e. The summed E-state index contributed by atoms with van der Waals surface area (Å²) in [5.41, 5.74) is 0.139. The number of aliphatic carboxylic acids is 1. The number of benzene rings is 1. The number of nitrogens with zero attached hydrogens (tertiary/aromatic N) is 1. The van der Waals surface area contributed by atoms with Crippen molar-refractivity contribution in [3.8, 4) is 0 Å². The fourth-order valence-electron chi connectivity index (χ4n) is 3.26. The normalized spacial score (nSPS) is 22.8. The molecule has 1 N–H and O–H groups in total. The molecule has 1 heterocycles. The maximum atomic E-state index is 12.4. The van der Waals surface area contributed by atoms with Crippen molar-refractivity contribution in [3.63, 3.8) is 0 Å². The molecule has 2 atom stereocenters. The highest BCUT2D eigenvalue weighted by Crippen LogP contribution is 2.40. The van der Waals surface area contributed by atoms with Gasteiger partial charge in [0.2, 0.25) is 5.91 Å². The Bertz CT molecular complexity index is 528. The molecule has 0 spiro atoms. The summed E-state index contributed by atoms with van der Waals surface area (Å²) >= 11 is 0. The molecule has 1 aromatic carbocycles. The molecule has 0 unspecified atom stereocenters. The molecule has 2 rings (SSSR count). The van der Waals surface area contributed by atoms with Gasteiger partial charge in [0.25, 0.3) is 0 Å². The van der Waals surface area contributed by atoms with E-state index >= 15 is 0 Å². The van der Waals surface area contributed by atoms with Gasteiger partial charge in [-0.25, -0.2) is 0 Å². The Morgan fingerprint density at radius 3 is 2.59 bits per heavy atom. The van der Waals surface area contributed by atoms with Crippen LogP contribution in [0.15, 0.2) is 30.3 Å². The fourth-order valence-corrected chi connectivity index (χ4v) is 3.26. The van der Waals surface area contributed by atoms with E-state index in [4.69, 9.17) is 0 Å². The van der Waals surface area contributed by atoms with Gasteiger partial charge in [0.1, 0.15) is 0 Å². The zero-order valence-corrected chi connectivity index (χ0v) is 13.4. The zero-order valence-electron chi connectivity index (χ0n) is 13.4. The lowest BCUT2D eigenvalue weighted by atomic mass is 9.81. The molecule has 1 aliphatic heterocycles. The molecule has 1 amide bonds. The molecule has 0 aromatic heterocycles. The van der Waals surface area contributed by atoms with Crippen molar-refractivity contribution in [3.05, 3.63) is 35.9 Å². The first-order chi connectivity index (χ1) is 10.5. The average molecular weight is 303 g/mol. The number of likely N-dealkylation sites (tertiary alicyclic amines) is 1. The number of hydrogen-bond acceptors (Lipinski definition) is 2. The van der Waals surface area contributed by atoms with Gasteiger partial charge in [-0.2, -0.15) is 0 Å². The summed E-state index contributed by atoms with van der Waals surface area (Å²) in [6.07, 6.45) is 3.64. The predicted octanol–water partition coefficient (Wildman–Crippen LogP) is 3.63. The van der Waals surface area contributed by atoms with Crippen LogP contribution in [-0.4, -0.2) is 28.4 Å². The van der Waals surface area contributed by atoms with Gasteiger partial charge in [0.15, 0.2) is 0 Å². The van der Waals surface area contributed by atoms with Gasteiger partial charge in [-0.05, 0) is 18.9 Å². The summed E-state index contributed by atoms with van der Waals surface area (Å²) in [6, 6.07) is 9.71. The van der Waals surface area contributed by atoms with E-state index in [1.54, 1.807) is 4.90 Å². The zero-order chi connectivity index (χ0) is 16.2. The molecule has 1 aromatic rings. The highest BCUT2D eigenvalue weighted by molar-refractivity contribution is 5.89. The summed E-state index contributed by atoms with van der Waals surface area (Å²) in [7, 11) is 0. The van der Waals surface area contributed by atoms with Crippen LogP contribution in [0.4, 0.5) is 0 Å². The van der Waals surface area contributed by atoms with E-state index in [2.05, 4.69) is 6.92 Å². The molecule has 4 nitrogen and oxygen atoms in total. The van der Waals surface area contributed by atoms with E-state index < -0.39 is 11.4 Å². The predicted molar refractivity (Wildman–Crippen MR) is 85.4 cm³/mol. The third-order valence-electron chi connectivity index (χ3n) is 4.75. The van der Waals surface area contributed by atoms with E-state index in [1.165, 1.54) is 0 Å². The van der Waals surface area contributed by atoms with Gasteiger partial charge in [0, 0.05) is 13.0 Å². The Morgan fingerprint density at radius 1 is 1.32 bits per heavy atom. The summed E-state index contributed by atoms with van der Waals surface area (Å²) in [4.78, 5) is 25.9. The van der Waals surface area contributed by atoms with Gasteiger partial charge >= 0.3 is 5.97 Å². The van der Waals surface area contributed by atoms with E-state index in [-0.39, 0.29) is 18.4 Å². The van der Waals surface area contributed by atoms with Crippen LogP contribution in [-0.2, 0) is 9.59 Å². The van der Waals surface area contributed by atoms with Crippen LogP contribution in [0.2, 0.25) is 0 Å². The fraction of sp³-hybridized carbons (Fsp3) is 0.556. The van der Waals surface area contributed by atoms with Crippen molar-refractivity contribution in [1.82, 2.24) is 4.90 Å². The molecule has 0 aliphatic carbocycles. The van der Waals surface area contributed by atoms with Crippen LogP contribution >= 0.6 is 0 Å². The number of carbonyl (C=O) groups excluding carboxylic acids is 1. The second-order valence-corrected chi connectivity index (χ2v) is 6.33. The van der Waals surface area contributed by atoms with Crippen LogP contribution in [0.3, 0.4) is 0 Å². The Kier molecular flexibility index (Phi) is 5.22. The molecule has 1 saturated heterocycles. The van der Waals surface area contributed by atoms with Crippen molar-refractivity contribution >= 4 is 11.9 Å². The number of amides is 1. The third kappa shape index (κ3) is 3.32. The molecule has 1 aliphatic rings. The first-order valence-corrected chi connectivity index (χ1v) is 8.08. The van der Waals surface area contributed by atoms with Crippen molar-refractivity contribution < 1.29 is 14.7 Å². The van der Waals surface area contributed by atoms with Crippen LogP contribution in [0.1, 0.15) is 57.6 Å². The molecule has 22 heavy (non-hydrogen) atoms. The SMILES string of the molecule is CCCCC[C@]1(C(=O)O)CC(=O)N([C@H](C)c2ccccc2)C1. The molecular weight excluding hydrogens is 278 g/mol. The van der Waals surface area contributed by atoms with Crippen LogP contribution in [0.5, 0.6) is 0 Å². The van der Waals surface area contributed by atoms with E-state index in [1.807, 2.05) is 37.3 Å². The minimum Gasteiger partial charge on any atom is -0.481 e. The molecule has 0 bridgehead atoms. The van der Waals surface area contributed by atoms with E-state index in [9.17, 15) is 14.7 Å². The molecule has 4 heteroatoms. The van der Waals surface area contributed by atoms with Crippen molar-refractivity contribution in [2.24, 2.45) is 5.41 Å². The van der Waals surface area contributed by atoms with Gasteiger partial charge in [-0.3, -0.25) is 9.59 Å². The van der Waals surface area contributed by atoms with Gasteiger partial charge in [-0.15, -0.1) is 0 Å². The lowest BCUT2D eigenvalue weighted by molar-refractivity contribution is -0.149. The quantitative estimate of drug-likeness (QED) is 0.782. The standard InChI is InChI=1S/C18H25NO3/c1-3-4-8-11-18(17(21)22)12-16(20)19(13-18)14(2)15-9-6-5-7-10-15/h5-7,9-10,14H,3-4,8,11-13H2,1-2H3,(H,21,22)/t14-,18+/m1/s1. The maximum absolute atomic E-state index is 12.4. The van der Waals surface area contributed by atoms with Crippen molar-refractivity contribution in [1.29, 1.82) is 0 Å². The smallest absolute Gasteiger partial charge is 0.311 e. The summed E-state index contributed by atoms with van der Waals surface area (Å²) in [5.74, 6) is -0.880. The molecule has 0 saturated carbocycles. The third-order valence-corrected chi connectivity index (χ3v) is 4.75. The second-order valence-electron chi connectivity index (χ2n) is 6.33. The number of unbranched alkanes of at least 4 members (excludes halogenated alkanes) is 2. The number of carboxylic acids is 1. The minimum atomic E-state index is -0.907. The molecule has 0 radical (unpaired) electrons. The Labute approximate surface area is 132 Å². The monoisotopic (exact) mass is 303 g/mol. The summed E-state index contributed by atoms with van der Waals surface area (Å²) in [6.45, 7) is 4.38. The van der Waals surface area contributed by atoms with E-state index in [0.717, 1.165) is 24.8 Å². The highest BCUT2D eigenvalue weighted by atomic mass is 16.4. The molecular formula is C18H25NO3. The first-order valence-electron chi connectivity index (χ1n) is 8.08. The van der Waals surface area contributed by atoms with Crippen LogP contribution in [0.25, 0.3) is 0 Å².